The molecule has 0 aliphatic carbocycles. The highest BCUT2D eigenvalue weighted by molar-refractivity contribution is 5.97. The van der Waals surface area contributed by atoms with E-state index in [-0.39, 0.29) is 11.7 Å². The van der Waals surface area contributed by atoms with Crippen molar-refractivity contribution in [3.63, 3.8) is 0 Å². The van der Waals surface area contributed by atoms with E-state index < -0.39 is 0 Å². The van der Waals surface area contributed by atoms with Crippen LogP contribution in [0.1, 0.15) is 47.0 Å². The Labute approximate surface area is 200 Å². The van der Waals surface area contributed by atoms with E-state index in [0.717, 1.165) is 58.9 Å². The first kappa shape index (κ1) is 24.0. The van der Waals surface area contributed by atoms with Crippen molar-refractivity contribution < 1.29 is 9.18 Å². The number of fused-ring (bicyclic) bond motifs is 2. The summed E-state index contributed by atoms with van der Waals surface area (Å²) in [7, 11) is 0. The van der Waals surface area contributed by atoms with Gasteiger partial charge in [-0.05, 0) is 60.6 Å². The number of carbonyl (C=O) groups excluding carboxylic acids is 1. The molecule has 2 heterocycles. The summed E-state index contributed by atoms with van der Waals surface area (Å²) in [4.78, 5) is 18.1. The van der Waals surface area contributed by atoms with Crippen LogP contribution in [0, 0.1) is 17.7 Å². The summed E-state index contributed by atoms with van der Waals surface area (Å²) in [5.41, 5.74) is 3.88. The molecular formula is C28H35FN4O. The molecule has 0 saturated heterocycles. The Morgan fingerprint density at radius 3 is 2.74 bits per heavy atom. The van der Waals surface area contributed by atoms with E-state index in [1.165, 1.54) is 12.1 Å². The number of aromatic nitrogens is 3. The summed E-state index contributed by atoms with van der Waals surface area (Å²) in [5, 5.41) is 6.57. The molecule has 0 bridgehead atoms. The van der Waals surface area contributed by atoms with Crippen LogP contribution < -0.4 is 0 Å². The Hall–Kier alpha value is -3.15. The normalized spacial score (nSPS) is 12.6. The number of hydrogen-bond donors (Lipinski definition) is 1. The third-order valence-electron chi connectivity index (χ3n) is 6.97. The molecule has 0 aliphatic rings. The highest BCUT2D eigenvalue weighted by atomic mass is 19.1. The Morgan fingerprint density at radius 2 is 1.97 bits per heavy atom. The van der Waals surface area contributed by atoms with Crippen molar-refractivity contribution in [1.82, 2.24) is 19.7 Å². The zero-order valence-corrected chi connectivity index (χ0v) is 20.6. The van der Waals surface area contributed by atoms with Gasteiger partial charge in [-0.3, -0.25) is 9.48 Å². The van der Waals surface area contributed by atoms with Gasteiger partial charge in [0, 0.05) is 47.6 Å². The van der Waals surface area contributed by atoms with Crippen LogP contribution in [0.15, 0.2) is 48.8 Å². The Bertz CT molecular complexity index is 1270. The second-order valence-corrected chi connectivity index (χ2v) is 9.67. The molecule has 0 aliphatic heterocycles. The van der Waals surface area contributed by atoms with Crippen LogP contribution in [-0.4, -0.2) is 38.7 Å². The molecule has 1 atom stereocenters. The minimum absolute atomic E-state index is 0.198. The molecule has 1 amide bonds. The van der Waals surface area contributed by atoms with Gasteiger partial charge in [-0.1, -0.05) is 33.8 Å². The number of halogens is 1. The van der Waals surface area contributed by atoms with Gasteiger partial charge >= 0.3 is 0 Å². The average Bonchev–Trinajstić information content (AvgIpc) is 3.42. The number of rotatable bonds is 10. The van der Waals surface area contributed by atoms with E-state index in [0.29, 0.717) is 24.8 Å². The number of benzene rings is 2. The number of aryl methyl sites for hydroxylation is 1. The van der Waals surface area contributed by atoms with Gasteiger partial charge in [-0.15, -0.1) is 0 Å². The van der Waals surface area contributed by atoms with Crippen LogP contribution in [0.25, 0.3) is 32.9 Å². The first-order chi connectivity index (χ1) is 16.4. The maximum atomic E-state index is 13.5. The van der Waals surface area contributed by atoms with Crippen molar-refractivity contribution >= 4 is 27.7 Å². The summed E-state index contributed by atoms with van der Waals surface area (Å²) >= 11 is 0. The molecule has 2 aromatic heterocycles. The van der Waals surface area contributed by atoms with Gasteiger partial charge in [0.25, 0.3) is 0 Å². The summed E-state index contributed by atoms with van der Waals surface area (Å²) in [5.74, 6) is 1.18. The van der Waals surface area contributed by atoms with E-state index >= 15 is 0 Å². The fourth-order valence-electron chi connectivity index (χ4n) is 4.45. The summed E-state index contributed by atoms with van der Waals surface area (Å²) < 4.78 is 15.5. The molecule has 0 saturated carbocycles. The van der Waals surface area contributed by atoms with E-state index in [2.05, 4.69) is 56.0 Å². The van der Waals surface area contributed by atoms with Crippen molar-refractivity contribution in [2.45, 2.75) is 53.5 Å². The van der Waals surface area contributed by atoms with Crippen LogP contribution in [0.5, 0.6) is 0 Å². The molecule has 2 aromatic carbocycles. The molecular weight excluding hydrogens is 427 g/mol. The van der Waals surface area contributed by atoms with Crippen molar-refractivity contribution in [2.75, 3.05) is 13.1 Å². The van der Waals surface area contributed by atoms with Crippen LogP contribution in [0.4, 0.5) is 4.39 Å². The minimum atomic E-state index is -0.251. The van der Waals surface area contributed by atoms with E-state index in [9.17, 15) is 9.18 Å². The van der Waals surface area contributed by atoms with Crippen molar-refractivity contribution in [1.29, 1.82) is 0 Å². The van der Waals surface area contributed by atoms with Gasteiger partial charge in [-0.2, -0.15) is 5.10 Å². The second kappa shape index (κ2) is 10.4. The highest BCUT2D eigenvalue weighted by Crippen LogP contribution is 2.31. The summed E-state index contributed by atoms with van der Waals surface area (Å²) in [6.45, 7) is 11.1. The van der Waals surface area contributed by atoms with Crippen molar-refractivity contribution in [3.05, 3.63) is 54.6 Å². The number of nitrogens with one attached hydrogen (secondary N) is 1. The predicted molar refractivity (Wildman–Crippen MR) is 137 cm³/mol. The van der Waals surface area contributed by atoms with Crippen molar-refractivity contribution in [3.8, 4) is 11.1 Å². The summed E-state index contributed by atoms with van der Waals surface area (Å²) in [6, 6.07) is 11.0. The summed E-state index contributed by atoms with van der Waals surface area (Å²) in [6.07, 6.45) is 6.22. The molecule has 0 spiro atoms. The number of carbonyl (C=O) groups is 1. The number of amides is 1. The lowest BCUT2D eigenvalue weighted by atomic mass is 9.94. The van der Waals surface area contributed by atoms with Crippen LogP contribution in [0.3, 0.4) is 0 Å². The second-order valence-electron chi connectivity index (χ2n) is 9.67. The molecule has 4 aromatic rings. The first-order valence-corrected chi connectivity index (χ1v) is 12.4. The maximum absolute atomic E-state index is 13.5. The zero-order valence-electron chi connectivity index (χ0n) is 20.6. The average molecular weight is 463 g/mol. The smallest absolute Gasteiger partial charge is 0.224 e. The molecule has 0 fully saturated rings. The van der Waals surface area contributed by atoms with Crippen molar-refractivity contribution in [2.24, 2.45) is 11.8 Å². The first-order valence-electron chi connectivity index (χ1n) is 12.4. The van der Waals surface area contributed by atoms with Gasteiger partial charge < -0.3 is 9.88 Å². The fraction of sp³-hybridized carbons (Fsp3) is 0.429. The molecule has 4 rings (SSSR count). The largest absolute Gasteiger partial charge is 0.360 e. The minimum Gasteiger partial charge on any atom is -0.360 e. The predicted octanol–water partition coefficient (Wildman–Crippen LogP) is 6.63. The van der Waals surface area contributed by atoms with Gasteiger partial charge in [0.15, 0.2) is 0 Å². The van der Waals surface area contributed by atoms with Crippen LogP contribution in [-0.2, 0) is 11.3 Å². The molecule has 0 radical (unpaired) electrons. The van der Waals surface area contributed by atoms with Crippen LogP contribution in [0.2, 0.25) is 0 Å². The Morgan fingerprint density at radius 1 is 1.15 bits per heavy atom. The number of nitrogens with zero attached hydrogens (tertiary/aromatic N) is 3. The third-order valence-corrected chi connectivity index (χ3v) is 6.97. The molecule has 5 nitrogen and oxygen atoms in total. The number of aromatic amines is 1. The third kappa shape index (κ3) is 5.16. The monoisotopic (exact) mass is 462 g/mol. The lowest BCUT2D eigenvalue weighted by molar-refractivity contribution is -0.131. The molecule has 180 valence electrons. The van der Waals surface area contributed by atoms with Crippen LogP contribution >= 0.6 is 0 Å². The van der Waals surface area contributed by atoms with Gasteiger partial charge in [0.05, 0.1) is 18.3 Å². The number of H-pyrrole nitrogens is 1. The Kier molecular flexibility index (Phi) is 7.35. The Balaban J connectivity index is 1.46. The lowest BCUT2D eigenvalue weighted by Gasteiger charge is -2.25. The van der Waals surface area contributed by atoms with E-state index in [1.807, 2.05) is 22.0 Å². The molecule has 1 N–H and O–H groups in total. The quantitative estimate of drug-likeness (QED) is 0.287. The SMILES string of the molecule is CCCN(CCC(C)C(C)C)C(=O)CCn1ncc2cc(-c3c[nH]c4cc(F)ccc34)ccc21. The standard InChI is InChI=1S/C28H35FN4O/c1-5-12-32(13-10-20(4)19(2)3)28(34)11-14-33-27-9-6-21(15-22(27)17-31-33)25-18-30-26-16-23(29)7-8-24(25)26/h6-9,15-20,30H,5,10-14H2,1-4H3. The zero-order chi connectivity index (χ0) is 24.2. The maximum Gasteiger partial charge on any atom is 0.224 e. The van der Waals surface area contributed by atoms with Gasteiger partial charge in [0.1, 0.15) is 5.82 Å². The topological polar surface area (TPSA) is 53.9 Å². The highest BCUT2D eigenvalue weighted by Gasteiger charge is 2.16. The molecule has 34 heavy (non-hydrogen) atoms. The molecule has 1 unspecified atom stereocenters. The number of hydrogen-bond acceptors (Lipinski definition) is 2. The van der Waals surface area contributed by atoms with E-state index in [1.54, 1.807) is 6.07 Å². The lowest BCUT2D eigenvalue weighted by Crippen LogP contribution is -2.34. The molecule has 6 heteroatoms. The van der Waals surface area contributed by atoms with Gasteiger partial charge in [-0.25, -0.2) is 4.39 Å². The van der Waals surface area contributed by atoms with E-state index in [4.69, 9.17) is 0 Å². The fourth-order valence-corrected chi connectivity index (χ4v) is 4.45. The van der Waals surface area contributed by atoms with Gasteiger partial charge in [0.2, 0.25) is 5.91 Å².